The Morgan fingerprint density at radius 3 is 1.29 bits per heavy atom. The molecule has 4 heteroatoms. The van der Waals surface area contributed by atoms with Crippen molar-refractivity contribution in [3.63, 3.8) is 0 Å². The average molecular weight is 379 g/mol. The first-order chi connectivity index (χ1) is 13.7. The molecule has 0 atom stereocenters. The van der Waals surface area contributed by atoms with Crippen LogP contribution in [0.15, 0.2) is 60.7 Å². The summed E-state index contributed by atoms with van der Waals surface area (Å²) in [4.78, 5) is 29.8. The number of rotatable bonds is 6. The van der Waals surface area contributed by atoms with Crippen molar-refractivity contribution in [1.29, 1.82) is 0 Å². The first kappa shape index (κ1) is 20.1. The van der Waals surface area contributed by atoms with Gasteiger partial charge in [-0.1, -0.05) is 36.4 Å². The van der Waals surface area contributed by atoms with E-state index in [-0.39, 0.29) is 23.7 Å². The molecular formula is C24H30N2O2. The third-order valence-corrected chi connectivity index (χ3v) is 5.73. The van der Waals surface area contributed by atoms with Gasteiger partial charge in [-0.05, 0) is 63.8 Å². The van der Waals surface area contributed by atoms with E-state index in [1.54, 1.807) is 0 Å². The molecule has 2 amide bonds. The molecule has 0 saturated heterocycles. The molecule has 1 saturated carbocycles. The van der Waals surface area contributed by atoms with E-state index < -0.39 is 0 Å². The Morgan fingerprint density at radius 1 is 0.679 bits per heavy atom. The number of hydrogen-bond acceptors (Lipinski definition) is 2. The van der Waals surface area contributed by atoms with Gasteiger partial charge in [0.05, 0.1) is 0 Å². The topological polar surface area (TPSA) is 40.6 Å². The zero-order chi connectivity index (χ0) is 19.9. The number of nitrogens with zero attached hydrogens (tertiary/aromatic N) is 2. The smallest absolute Gasteiger partial charge is 0.230 e. The van der Waals surface area contributed by atoms with E-state index in [9.17, 15) is 9.59 Å². The van der Waals surface area contributed by atoms with Crippen LogP contribution in [0.3, 0.4) is 0 Å². The number of para-hydroxylation sites is 2. The molecule has 0 spiro atoms. The molecule has 0 aliphatic heterocycles. The van der Waals surface area contributed by atoms with Crippen molar-refractivity contribution in [2.24, 2.45) is 11.8 Å². The van der Waals surface area contributed by atoms with Gasteiger partial charge >= 0.3 is 0 Å². The van der Waals surface area contributed by atoms with Gasteiger partial charge in [-0.15, -0.1) is 0 Å². The van der Waals surface area contributed by atoms with Gasteiger partial charge in [0.15, 0.2) is 0 Å². The molecule has 4 nitrogen and oxygen atoms in total. The molecule has 1 aliphatic rings. The second kappa shape index (κ2) is 9.54. The fourth-order valence-electron chi connectivity index (χ4n) is 4.18. The van der Waals surface area contributed by atoms with E-state index >= 15 is 0 Å². The van der Waals surface area contributed by atoms with Crippen LogP contribution in [0.1, 0.15) is 39.5 Å². The van der Waals surface area contributed by atoms with Gasteiger partial charge in [-0.25, -0.2) is 0 Å². The number of hydrogen-bond donors (Lipinski definition) is 0. The predicted octanol–water partition coefficient (Wildman–Crippen LogP) is 4.90. The summed E-state index contributed by atoms with van der Waals surface area (Å²) in [6.07, 6.45) is 3.13. The number of carbonyl (C=O) groups is 2. The van der Waals surface area contributed by atoms with Crippen LogP contribution in [0.25, 0.3) is 0 Å². The summed E-state index contributed by atoms with van der Waals surface area (Å²) in [5, 5.41) is 0. The maximum atomic E-state index is 13.0. The van der Waals surface area contributed by atoms with E-state index in [2.05, 4.69) is 0 Å². The van der Waals surface area contributed by atoms with Crippen LogP contribution in [-0.2, 0) is 9.59 Å². The number of carbonyl (C=O) groups excluding carboxylic acids is 2. The third-order valence-electron chi connectivity index (χ3n) is 5.73. The summed E-state index contributed by atoms with van der Waals surface area (Å²) in [5.41, 5.74) is 1.91. The van der Waals surface area contributed by atoms with Crippen LogP contribution in [-0.4, -0.2) is 24.9 Å². The Morgan fingerprint density at radius 2 is 1.00 bits per heavy atom. The van der Waals surface area contributed by atoms with Gasteiger partial charge in [0.25, 0.3) is 0 Å². The number of anilines is 2. The number of amides is 2. The Bertz CT molecular complexity index is 700. The van der Waals surface area contributed by atoms with Gasteiger partial charge < -0.3 is 9.80 Å². The van der Waals surface area contributed by atoms with Crippen LogP contribution < -0.4 is 9.80 Å². The standard InChI is InChI=1S/C24H30N2O2/c1-3-25(21-11-7-5-8-12-21)23(27)19-15-17-20(18-16-19)24(28)26(4-2)22-13-9-6-10-14-22/h5-14,19-20H,3-4,15-18H2,1-2H3. The third kappa shape index (κ3) is 4.44. The SMILES string of the molecule is CCN(C(=O)C1CCC(C(=O)N(CC)c2ccccc2)CC1)c1ccccc1. The molecule has 28 heavy (non-hydrogen) atoms. The molecule has 0 aromatic heterocycles. The quantitative estimate of drug-likeness (QED) is 0.717. The van der Waals surface area contributed by atoms with E-state index in [0.717, 1.165) is 37.1 Å². The molecular weight excluding hydrogens is 348 g/mol. The lowest BCUT2D eigenvalue weighted by molar-refractivity contribution is -0.127. The van der Waals surface area contributed by atoms with Gasteiger partial charge in [0, 0.05) is 36.3 Å². The monoisotopic (exact) mass is 378 g/mol. The van der Waals surface area contributed by atoms with E-state index in [4.69, 9.17) is 0 Å². The van der Waals surface area contributed by atoms with E-state index in [1.807, 2.05) is 84.3 Å². The highest BCUT2D eigenvalue weighted by molar-refractivity contribution is 5.96. The summed E-state index contributed by atoms with van der Waals surface area (Å²) < 4.78 is 0. The summed E-state index contributed by atoms with van der Waals surface area (Å²) in [5.74, 6) is 0.400. The summed E-state index contributed by atoms with van der Waals surface area (Å²) in [6.45, 7) is 5.36. The fourth-order valence-corrected chi connectivity index (χ4v) is 4.18. The molecule has 0 N–H and O–H groups in total. The molecule has 2 aromatic carbocycles. The Hall–Kier alpha value is -2.62. The molecule has 0 unspecified atom stereocenters. The van der Waals surface area contributed by atoms with Crippen molar-refractivity contribution < 1.29 is 9.59 Å². The van der Waals surface area contributed by atoms with E-state index in [1.165, 1.54) is 0 Å². The minimum absolute atomic E-state index is 0.0102. The van der Waals surface area contributed by atoms with Crippen molar-refractivity contribution in [2.75, 3.05) is 22.9 Å². The Kier molecular flexibility index (Phi) is 6.85. The van der Waals surface area contributed by atoms with Gasteiger partial charge in [0.2, 0.25) is 11.8 Å². The largest absolute Gasteiger partial charge is 0.312 e. The van der Waals surface area contributed by atoms with Crippen molar-refractivity contribution in [2.45, 2.75) is 39.5 Å². The second-order valence-electron chi connectivity index (χ2n) is 7.38. The summed E-state index contributed by atoms with van der Waals surface area (Å²) in [7, 11) is 0. The average Bonchev–Trinajstić information content (AvgIpc) is 2.76. The predicted molar refractivity (Wildman–Crippen MR) is 114 cm³/mol. The molecule has 0 bridgehead atoms. The zero-order valence-electron chi connectivity index (χ0n) is 16.9. The first-order valence-corrected chi connectivity index (χ1v) is 10.4. The summed E-state index contributed by atoms with van der Waals surface area (Å²) >= 11 is 0. The molecule has 0 radical (unpaired) electrons. The van der Waals surface area contributed by atoms with Gasteiger partial charge in [-0.2, -0.15) is 0 Å². The lowest BCUT2D eigenvalue weighted by Gasteiger charge is -2.33. The number of benzene rings is 2. The second-order valence-corrected chi connectivity index (χ2v) is 7.38. The maximum Gasteiger partial charge on any atom is 0.230 e. The normalized spacial score (nSPS) is 19.1. The first-order valence-electron chi connectivity index (χ1n) is 10.4. The highest BCUT2D eigenvalue weighted by Gasteiger charge is 2.34. The van der Waals surface area contributed by atoms with Crippen molar-refractivity contribution in [3.8, 4) is 0 Å². The van der Waals surface area contributed by atoms with Crippen molar-refractivity contribution in [3.05, 3.63) is 60.7 Å². The van der Waals surface area contributed by atoms with Gasteiger partial charge in [0.1, 0.15) is 0 Å². The highest BCUT2D eigenvalue weighted by atomic mass is 16.2. The maximum absolute atomic E-state index is 13.0. The lowest BCUT2D eigenvalue weighted by atomic mass is 9.80. The molecule has 3 rings (SSSR count). The molecule has 1 aliphatic carbocycles. The fraction of sp³-hybridized carbons (Fsp3) is 0.417. The molecule has 1 fully saturated rings. The molecule has 0 heterocycles. The van der Waals surface area contributed by atoms with Crippen LogP contribution in [0.2, 0.25) is 0 Å². The van der Waals surface area contributed by atoms with Crippen LogP contribution >= 0.6 is 0 Å². The molecule has 148 valence electrons. The van der Waals surface area contributed by atoms with E-state index in [0.29, 0.717) is 13.1 Å². The minimum atomic E-state index is 0.0102. The lowest BCUT2D eigenvalue weighted by Crippen LogP contribution is -2.41. The van der Waals surface area contributed by atoms with Crippen LogP contribution in [0, 0.1) is 11.8 Å². The highest BCUT2D eigenvalue weighted by Crippen LogP contribution is 2.33. The van der Waals surface area contributed by atoms with Crippen LogP contribution in [0.4, 0.5) is 11.4 Å². The van der Waals surface area contributed by atoms with Crippen molar-refractivity contribution in [1.82, 2.24) is 0 Å². The van der Waals surface area contributed by atoms with Gasteiger partial charge in [-0.3, -0.25) is 9.59 Å². The Balaban J connectivity index is 1.62. The summed E-state index contributed by atoms with van der Waals surface area (Å²) in [6, 6.07) is 19.7. The molecule has 2 aromatic rings. The minimum Gasteiger partial charge on any atom is -0.312 e. The zero-order valence-corrected chi connectivity index (χ0v) is 16.9. The van der Waals surface area contributed by atoms with Crippen molar-refractivity contribution >= 4 is 23.2 Å². The van der Waals surface area contributed by atoms with Crippen LogP contribution in [0.5, 0.6) is 0 Å². The Labute approximate surface area is 168 Å².